The Kier molecular flexibility index (Phi) is 4.70. The van der Waals surface area contributed by atoms with Gasteiger partial charge in [0.2, 0.25) is 0 Å². The number of amides is 1. The van der Waals surface area contributed by atoms with Crippen molar-refractivity contribution in [3.63, 3.8) is 0 Å². The number of aromatic nitrogens is 1. The Bertz CT molecular complexity index is 1330. The first kappa shape index (κ1) is 19.3. The van der Waals surface area contributed by atoms with Crippen LogP contribution >= 0.6 is 0 Å². The molecule has 0 aliphatic carbocycles. The van der Waals surface area contributed by atoms with E-state index in [9.17, 15) is 13.6 Å². The maximum Gasteiger partial charge on any atom is 0.266 e. The molecule has 0 bridgehead atoms. The number of halogens is 2. The third-order valence-corrected chi connectivity index (χ3v) is 5.83. The highest BCUT2D eigenvalue weighted by Crippen LogP contribution is 2.38. The molecule has 0 saturated heterocycles. The lowest BCUT2D eigenvalue weighted by Gasteiger charge is -2.19. The van der Waals surface area contributed by atoms with Gasteiger partial charge in [-0.2, -0.15) is 0 Å². The summed E-state index contributed by atoms with van der Waals surface area (Å²) < 4.78 is 29.8. The molecular formula is C25H21F2N3O. The van der Waals surface area contributed by atoms with Crippen molar-refractivity contribution in [2.24, 2.45) is 5.73 Å². The quantitative estimate of drug-likeness (QED) is 0.486. The smallest absolute Gasteiger partial charge is 0.266 e. The van der Waals surface area contributed by atoms with Crippen molar-refractivity contribution in [3.8, 4) is 11.1 Å². The van der Waals surface area contributed by atoms with Gasteiger partial charge < -0.3 is 15.6 Å². The molecule has 0 atom stereocenters. The number of carbonyl (C=O) groups excluding carboxylic acids is 1. The number of primary amides is 1. The van der Waals surface area contributed by atoms with E-state index in [1.54, 1.807) is 22.8 Å². The number of nitrogens with zero attached hydrogens (tertiary/aromatic N) is 1. The molecule has 4 nitrogen and oxygen atoms in total. The first-order chi connectivity index (χ1) is 15.0. The summed E-state index contributed by atoms with van der Waals surface area (Å²) >= 11 is 0. The summed E-state index contributed by atoms with van der Waals surface area (Å²) in [6.07, 6.45) is 2.05. The van der Waals surface area contributed by atoms with Crippen LogP contribution in [0.5, 0.6) is 0 Å². The van der Waals surface area contributed by atoms with Gasteiger partial charge in [-0.1, -0.05) is 24.3 Å². The Morgan fingerprint density at radius 1 is 1.03 bits per heavy atom. The van der Waals surface area contributed by atoms with Crippen molar-refractivity contribution in [1.82, 2.24) is 4.57 Å². The van der Waals surface area contributed by atoms with Crippen LogP contribution in [0.4, 0.5) is 14.5 Å². The van der Waals surface area contributed by atoms with Crippen LogP contribution in [-0.4, -0.2) is 17.0 Å². The van der Waals surface area contributed by atoms with Crippen LogP contribution in [0.15, 0.2) is 60.7 Å². The fraction of sp³-hybridized carbons (Fsp3) is 0.160. The Morgan fingerprint density at radius 3 is 2.68 bits per heavy atom. The Labute approximate surface area is 178 Å². The van der Waals surface area contributed by atoms with Crippen molar-refractivity contribution >= 4 is 22.5 Å². The lowest BCUT2D eigenvalue weighted by Crippen LogP contribution is -2.18. The number of nitrogens with two attached hydrogens (primary N) is 1. The Balaban J connectivity index is 1.77. The fourth-order valence-electron chi connectivity index (χ4n) is 4.47. The van der Waals surface area contributed by atoms with E-state index in [0.29, 0.717) is 22.0 Å². The predicted octanol–water partition coefficient (Wildman–Crippen LogP) is 5.09. The molecule has 0 saturated carbocycles. The average Bonchev–Trinajstić information content (AvgIpc) is 3.07. The molecule has 1 aliphatic rings. The van der Waals surface area contributed by atoms with Crippen LogP contribution in [0.2, 0.25) is 0 Å². The average molecular weight is 417 g/mol. The third kappa shape index (κ3) is 3.44. The number of carbonyl (C=O) groups is 1. The van der Waals surface area contributed by atoms with Crippen molar-refractivity contribution in [1.29, 1.82) is 0 Å². The van der Waals surface area contributed by atoms with Gasteiger partial charge in [0, 0.05) is 35.2 Å². The minimum absolute atomic E-state index is 0.237. The van der Waals surface area contributed by atoms with Crippen LogP contribution in [-0.2, 0) is 13.0 Å². The van der Waals surface area contributed by atoms with Gasteiger partial charge in [-0.05, 0) is 65.9 Å². The van der Waals surface area contributed by atoms with Crippen LogP contribution in [0.1, 0.15) is 28.0 Å². The van der Waals surface area contributed by atoms with Gasteiger partial charge in [0.15, 0.2) is 0 Å². The molecular weight excluding hydrogens is 396 g/mol. The van der Waals surface area contributed by atoms with Gasteiger partial charge in [0.1, 0.15) is 17.3 Å². The standard InChI is InChI=1S/C25H21F2N3O/c26-18-5-1-3-15(11-18)14-30-22-9-8-19(27)13-20(22)23(24(30)25(28)31)17-7-6-16-4-2-10-29-21(16)12-17/h1,3,5-9,11-13,29H,2,4,10,14H2,(H2,28,31). The molecule has 1 aliphatic heterocycles. The molecule has 2 heterocycles. The van der Waals surface area contributed by atoms with Crippen LogP contribution < -0.4 is 11.1 Å². The number of nitrogens with one attached hydrogen (secondary N) is 1. The number of benzene rings is 3. The second kappa shape index (κ2) is 7.54. The van der Waals surface area contributed by atoms with Crippen molar-refractivity contribution < 1.29 is 13.6 Å². The van der Waals surface area contributed by atoms with Crippen LogP contribution in [0, 0.1) is 11.6 Å². The number of aryl methyl sites for hydroxylation is 1. The van der Waals surface area contributed by atoms with E-state index in [1.165, 1.54) is 29.8 Å². The van der Waals surface area contributed by atoms with Crippen LogP contribution in [0.25, 0.3) is 22.0 Å². The van der Waals surface area contributed by atoms with E-state index in [4.69, 9.17) is 5.73 Å². The third-order valence-electron chi connectivity index (χ3n) is 5.83. The molecule has 31 heavy (non-hydrogen) atoms. The maximum atomic E-state index is 14.2. The number of hydrogen-bond donors (Lipinski definition) is 2. The van der Waals surface area contributed by atoms with E-state index in [2.05, 4.69) is 5.32 Å². The van der Waals surface area contributed by atoms with E-state index in [-0.39, 0.29) is 18.1 Å². The molecule has 0 spiro atoms. The highest BCUT2D eigenvalue weighted by atomic mass is 19.1. The summed E-state index contributed by atoms with van der Waals surface area (Å²) in [5.74, 6) is -1.38. The monoisotopic (exact) mass is 417 g/mol. The van der Waals surface area contributed by atoms with Gasteiger partial charge in [-0.25, -0.2) is 8.78 Å². The largest absolute Gasteiger partial charge is 0.385 e. The molecule has 6 heteroatoms. The zero-order valence-electron chi connectivity index (χ0n) is 16.8. The molecule has 5 rings (SSSR count). The van der Waals surface area contributed by atoms with Gasteiger partial charge in [-0.15, -0.1) is 0 Å². The second-order valence-electron chi connectivity index (χ2n) is 7.87. The summed E-state index contributed by atoms with van der Waals surface area (Å²) in [7, 11) is 0. The lowest BCUT2D eigenvalue weighted by molar-refractivity contribution is 0.0993. The number of rotatable bonds is 4. The molecule has 0 unspecified atom stereocenters. The number of anilines is 1. The lowest BCUT2D eigenvalue weighted by atomic mass is 9.96. The maximum absolute atomic E-state index is 14.2. The first-order valence-corrected chi connectivity index (χ1v) is 10.2. The van der Waals surface area contributed by atoms with Crippen LogP contribution in [0.3, 0.4) is 0 Å². The predicted molar refractivity (Wildman–Crippen MR) is 118 cm³/mol. The Morgan fingerprint density at radius 2 is 1.87 bits per heavy atom. The van der Waals surface area contributed by atoms with Crippen molar-refractivity contribution in [2.45, 2.75) is 19.4 Å². The van der Waals surface area contributed by atoms with E-state index < -0.39 is 11.7 Å². The summed E-state index contributed by atoms with van der Waals surface area (Å²) in [5.41, 5.74) is 11.1. The molecule has 156 valence electrons. The molecule has 1 amide bonds. The summed E-state index contributed by atoms with van der Waals surface area (Å²) in [4.78, 5) is 12.6. The van der Waals surface area contributed by atoms with Gasteiger partial charge in [0.05, 0.1) is 0 Å². The van der Waals surface area contributed by atoms with Crippen molar-refractivity contribution in [2.75, 3.05) is 11.9 Å². The fourth-order valence-corrected chi connectivity index (χ4v) is 4.47. The number of fused-ring (bicyclic) bond motifs is 2. The summed E-state index contributed by atoms with van der Waals surface area (Å²) in [6, 6.07) is 16.6. The minimum atomic E-state index is -0.617. The zero-order chi connectivity index (χ0) is 21.5. The molecule has 4 aromatic rings. The molecule has 0 radical (unpaired) electrons. The second-order valence-corrected chi connectivity index (χ2v) is 7.87. The summed E-state index contributed by atoms with van der Waals surface area (Å²) in [6.45, 7) is 1.12. The van der Waals surface area contributed by atoms with Gasteiger partial charge in [-0.3, -0.25) is 4.79 Å². The minimum Gasteiger partial charge on any atom is -0.385 e. The molecule has 3 aromatic carbocycles. The van der Waals surface area contributed by atoms with Crippen molar-refractivity contribution in [3.05, 3.63) is 89.1 Å². The van der Waals surface area contributed by atoms with E-state index in [0.717, 1.165) is 30.6 Å². The molecule has 3 N–H and O–H groups in total. The highest BCUT2D eigenvalue weighted by molar-refractivity contribution is 6.10. The van der Waals surface area contributed by atoms with Gasteiger partial charge >= 0.3 is 0 Å². The first-order valence-electron chi connectivity index (χ1n) is 10.2. The molecule has 0 fully saturated rings. The van der Waals surface area contributed by atoms with E-state index >= 15 is 0 Å². The molecule has 1 aromatic heterocycles. The summed E-state index contributed by atoms with van der Waals surface area (Å²) in [5, 5.41) is 3.99. The number of hydrogen-bond acceptors (Lipinski definition) is 2. The van der Waals surface area contributed by atoms with Gasteiger partial charge in [0.25, 0.3) is 5.91 Å². The Hall–Kier alpha value is -3.67. The topological polar surface area (TPSA) is 60.1 Å². The van der Waals surface area contributed by atoms with E-state index in [1.807, 2.05) is 18.2 Å². The normalized spacial score (nSPS) is 13.1. The highest BCUT2D eigenvalue weighted by Gasteiger charge is 2.24. The zero-order valence-corrected chi connectivity index (χ0v) is 16.8. The SMILES string of the molecule is NC(=O)c1c(-c2ccc3c(c2)NCCC3)c2cc(F)ccc2n1Cc1cccc(F)c1.